The minimum Gasteiger partial charge on any atom is -0.392 e. The lowest BCUT2D eigenvalue weighted by Gasteiger charge is -2.23. The maximum atomic E-state index is 10.2. The molecule has 1 aliphatic heterocycles. The largest absolute Gasteiger partial charge is 0.392 e. The number of hydrogen-bond acceptors (Lipinski definition) is 7. The van der Waals surface area contributed by atoms with Crippen molar-refractivity contribution in [3.63, 3.8) is 0 Å². The van der Waals surface area contributed by atoms with Crippen molar-refractivity contribution in [2.45, 2.75) is 23.9 Å². The normalized spacial score (nSPS) is 32.4. The zero-order valence-corrected chi connectivity index (χ0v) is 10.9. The van der Waals surface area contributed by atoms with E-state index in [2.05, 4.69) is 16.0 Å². The van der Waals surface area contributed by atoms with E-state index in [1.165, 1.54) is 10.8 Å². The molecule has 21 heavy (non-hydrogen) atoms. The second-order valence-electron chi connectivity index (χ2n) is 4.87. The van der Waals surface area contributed by atoms with Crippen molar-refractivity contribution in [1.29, 1.82) is 0 Å². The first-order valence-corrected chi connectivity index (χ1v) is 6.25. The number of aromatic nitrogens is 3. The highest BCUT2D eigenvalue weighted by Crippen LogP contribution is 2.40. The van der Waals surface area contributed by atoms with E-state index in [-0.39, 0.29) is 5.82 Å². The molecule has 0 spiro atoms. The van der Waals surface area contributed by atoms with Gasteiger partial charge >= 0.3 is 0 Å². The standard InChI is InChI=1S/C13H14N4O4/c1-2-13(5-18)11(20)9(19)10(21-13)7-3-4-8-12(14)15-6-16-17(7)8/h1,3-4,6,9-11,18-20H,5H2,(H2,14,15,16). The van der Waals surface area contributed by atoms with Gasteiger partial charge in [0.1, 0.15) is 30.2 Å². The molecule has 3 rings (SSSR count). The highest BCUT2D eigenvalue weighted by molar-refractivity contribution is 5.65. The maximum Gasteiger partial charge on any atom is 0.180 e. The molecule has 5 N–H and O–H groups in total. The highest BCUT2D eigenvalue weighted by atomic mass is 16.6. The summed E-state index contributed by atoms with van der Waals surface area (Å²) < 4.78 is 7.01. The predicted molar refractivity (Wildman–Crippen MR) is 71.9 cm³/mol. The van der Waals surface area contributed by atoms with Crippen molar-refractivity contribution in [1.82, 2.24) is 14.6 Å². The molecule has 0 radical (unpaired) electrons. The van der Waals surface area contributed by atoms with Crippen molar-refractivity contribution in [2.75, 3.05) is 12.3 Å². The summed E-state index contributed by atoms with van der Waals surface area (Å²) in [5.41, 5.74) is 5.09. The molecule has 0 amide bonds. The van der Waals surface area contributed by atoms with Gasteiger partial charge in [-0.25, -0.2) is 9.50 Å². The molecule has 2 aromatic rings. The van der Waals surface area contributed by atoms with E-state index in [4.69, 9.17) is 16.9 Å². The van der Waals surface area contributed by atoms with Crippen LogP contribution in [0.25, 0.3) is 5.52 Å². The molecule has 110 valence electrons. The number of ether oxygens (including phenoxy) is 1. The number of aliphatic hydroxyl groups excluding tert-OH is 3. The summed E-state index contributed by atoms with van der Waals surface area (Å²) in [6.45, 7) is -0.612. The highest BCUT2D eigenvalue weighted by Gasteiger charge is 2.54. The second-order valence-corrected chi connectivity index (χ2v) is 4.87. The van der Waals surface area contributed by atoms with Gasteiger partial charge in [-0.15, -0.1) is 6.42 Å². The molecule has 8 heteroatoms. The third kappa shape index (κ3) is 1.80. The minimum atomic E-state index is -1.65. The van der Waals surface area contributed by atoms with Gasteiger partial charge in [0, 0.05) is 0 Å². The van der Waals surface area contributed by atoms with Gasteiger partial charge in [-0.05, 0) is 12.1 Å². The zero-order chi connectivity index (χ0) is 15.2. The Kier molecular flexibility index (Phi) is 3.07. The van der Waals surface area contributed by atoms with Crippen LogP contribution >= 0.6 is 0 Å². The summed E-state index contributed by atoms with van der Waals surface area (Å²) in [5.74, 6) is 2.48. The SMILES string of the molecule is C#CC1(CO)OC(c2ccc3c(N)ncnn23)C(O)C1O. The van der Waals surface area contributed by atoms with Crippen LogP contribution in [-0.2, 0) is 4.74 Å². The predicted octanol–water partition coefficient (Wildman–Crippen LogP) is -1.53. The Morgan fingerprint density at radius 3 is 2.86 bits per heavy atom. The van der Waals surface area contributed by atoms with Crippen LogP contribution in [0.15, 0.2) is 18.5 Å². The number of aliphatic hydroxyl groups is 3. The first-order chi connectivity index (χ1) is 10.0. The Morgan fingerprint density at radius 2 is 2.24 bits per heavy atom. The smallest absolute Gasteiger partial charge is 0.180 e. The molecule has 0 bridgehead atoms. The van der Waals surface area contributed by atoms with E-state index in [1.807, 2.05) is 0 Å². The molecule has 4 unspecified atom stereocenters. The van der Waals surface area contributed by atoms with Gasteiger partial charge in [-0.1, -0.05) is 5.92 Å². The van der Waals surface area contributed by atoms with Crippen molar-refractivity contribution in [2.24, 2.45) is 0 Å². The Balaban J connectivity index is 2.08. The van der Waals surface area contributed by atoms with Gasteiger partial charge in [-0.2, -0.15) is 5.10 Å². The minimum absolute atomic E-state index is 0.273. The molecule has 8 nitrogen and oxygen atoms in total. The fraction of sp³-hybridized carbons (Fsp3) is 0.385. The van der Waals surface area contributed by atoms with Crippen molar-refractivity contribution in [3.05, 3.63) is 24.2 Å². The van der Waals surface area contributed by atoms with Crippen LogP contribution in [0.3, 0.4) is 0 Å². The summed E-state index contributed by atoms with van der Waals surface area (Å²) in [5, 5.41) is 33.7. The average Bonchev–Trinajstić information content (AvgIpc) is 3.02. The number of terminal acetylenes is 1. The molecule has 0 saturated carbocycles. The maximum absolute atomic E-state index is 10.2. The molecular formula is C13H14N4O4. The number of nitrogens with two attached hydrogens (primary N) is 1. The van der Waals surface area contributed by atoms with Crippen molar-refractivity contribution >= 4 is 11.3 Å². The molecular weight excluding hydrogens is 276 g/mol. The zero-order valence-electron chi connectivity index (χ0n) is 10.9. The van der Waals surface area contributed by atoms with Crippen LogP contribution in [0.5, 0.6) is 0 Å². The second kappa shape index (κ2) is 4.68. The Morgan fingerprint density at radius 1 is 1.48 bits per heavy atom. The van der Waals surface area contributed by atoms with Gasteiger partial charge in [0.15, 0.2) is 11.4 Å². The Hall–Kier alpha value is -2.18. The topological polar surface area (TPSA) is 126 Å². The van der Waals surface area contributed by atoms with Crippen LogP contribution in [0.2, 0.25) is 0 Å². The van der Waals surface area contributed by atoms with E-state index in [1.54, 1.807) is 12.1 Å². The van der Waals surface area contributed by atoms with E-state index in [9.17, 15) is 15.3 Å². The Labute approximate surface area is 119 Å². The third-order valence-corrected chi connectivity index (χ3v) is 3.73. The fourth-order valence-corrected chi connectivity index (χ4v) is 2.53. The van der Waals surface area contributed by atoms with Gasteiger partial charge in [0.05, 0.1) is 12.3 Å². The van der Waals surface area contributed by atoms with E-state index in [0.29, 0.717) is 11.2 Å². The molecule has 0 aliphatic carbocycles. The monoisotopic (exact) mass is 290 g/mol. The molecule has 1 aliphatic rings. The summed E-state index contributed by atoms with van der Waals surface area (Å²) in [6, 6.07) is 3.31. The summed E-state index contributed by atoms with van der Waals surface area (Å²) >= 11 is 0. The van der Waals surface area contributed by atoms with Gasteiger partial charge in [0.2, 0.25) is 0 Å². The number of fused-ring (bicyclic) bond motifs is 1. The number of nitrogens with zero attached hydrogens (tertiary/aromatic N) is 3. The molecule has 3 heterocycles. The first-order valence-electron chi connectivity index (χ1n) is 6.25. The summed E-state index contributed by atoms with van der Waals surface area (Å²) in [7, 11) is 0. The molecule has 1 saturated heterocycles. The van der Waals surface area contributed by atoms with Crippen LogP contribution in [-0.4, -0.2) is 54.3 Å². The molecule has 4 atom stereocenters. The van der Waals surface area contributed by atoms with E-state index < -0.39 is 30.5 Å². The molecule has 0 aromatic carbocycles. The van der Waals surface area contributed by atoms with E-state index >= 15 is 0 Å². The molecule has 1 fully saturated rings. The first kappa shape index (κ1) is 13.8. The van der Waals surface area contributed by atoms with Crippen LogP contribution in [0, 0.1) is 12.3 Å². The van der Waals surface area contributed by atoms with Crippen LogP contribution in [0.4, 0.5) is 5.82 Å². The van der Waals surface area contributed by atoms with Crippen LogP contribution in [0.1, 0.15) is 11.8 Å². The third-order valence-electron chi connectivity index (χ3n) is 3.73. The van der Waals surface area contributed by atoms with Crippen LogP contribution < -0.4 is 5.73 Å². The lowest BCUT2D eigenvalue weighted by Crippen LogP contribution is -2.44. The fourth-order valence-electron chi connectivity index (χ4n) is 2.53. The number of anilines is 1. The summed E-state index contributed by atoms with van der Waals surface area (Å²) in [4.78, 5) is 3.86. The number of rotatable bonds is 2. The average molecular weight is 290 g/mol. The lowest BCUT2D eigenvalue weighted by molar-refractivity contribution is -0.0732. The quantitative estimate of drug-likeness (QED) is 0.494. The van der Waals surface area contributed by atoms with Crippen molar-refractivity contribution < 1.29 is 20.1 Å². The van der Waals surface area contributed by atoms with Gasteiger partial charge < -0.3 is 25.8 Å². The lowest BCUT2D eigenvalue weighted by atomic mass is 9.96. The van der Waals surface area contributed by atoms with Gasteiger partial charge in [0.25, 0.3) is 0 Å². The molecule has 2 aromatic heterocycles. The van der Waals surface area contributed by atoms with E-state index in [0.717, 1.165) is 0 Å². The number of nitrogen functional groups attached to an aromatic ring is 1. The number of hydrogen-bond donors (Lipinski definition) is 4. The van der Waals surface area contributed by atoms with Gasteiger partial charge in [-0.3, -0.25) is 0 Å². The summed E-state index contributed by atoms with van der Waals surface area (Å²) in [6.07, 6.45) is 2.93. The van der Waals surface area contributed by atoms with Crippen molar-refractivity contribution in [3.8, 4) is 12.3 Å². The Bertz CT molecular complexity index is 725.